The van der Waals surface area contributed by atoms with Crippen molar-refractivity contribution in [2.75, 3.05) is 18.9 Å². The van der Waals surface area contributed by atoms with Crippen molar-refractivity contribution in [3.63, 3.8) is 0 Å². The monoisotopic (exact) mass is 357 g/mol. The molecule has 5 nitrogen and oxygen atoms in total. The summed E-state index contributed by atoms with van der Waals surface area (Å²) in [6, 6.07) is 16.2. The highest BCUT2D eigenvalue weighted by Gasteiger charge is 2.22. The van der Waals surface area contributed by atoms with Crippen LogP contribution in [0.1, 0.15) is 5.56 Å². The fraction of sp³-hybridized carbons (Fsp3) is 0.158. The quantitative estimate of drug-likeness (QED) is 0.750. The molecule has 3 rings (SSSR count). The summed E-state index contributed by atoms with van der Waals surface area (Å²) < 4.78 is 39.1. The molecule has 25 heavy (non-hydrogen) atoms. The van der Waals surface area contributed by atoms with E-state index in [0.29, 0.717) is 11.4 Å². The predicted molar refractivity (Wildman–Crippen MR) is 99.0 cm³/mol. The highest BCUT2D eigenvalue weighted by molar-refractivity contribution is 7.92. The zero-order valence-corrected chi connectivity index (χ0v) is 15.1. The molecule has 3 aromatic carbocycles. The third kappa shape index (κ3) is 3.25. The van der Waals surface area contributed by atoms with Gasteiger partial charge >= 0.3 is 0 Å². The summed E-state index contributed by atoms with van der Waals surface area (Å²) in [7, 11) is -0.906. The Morgan fingerprint density at radius 2 is 1.56 bits per heavy atom. The van der Waals surface area contributed by atoms with E-state index in [2.05, 4.69) is 4.72 Å². The van der Waals surface area contributed by atoms with Gasteiger partial charge in [-0.2, -0.15) is 0 Å². The van der Waals surface area contributed by atoms with E-state index >= 15 is 0 Å². The van der Waals surface area contributed by atoms with Crippen molar-refractivity contribution >= 4 is 26.5 Å². The summed E-state index contributed by atoms with van der Waals surface area (Å²) >= 11 is 0. The zero-order valence-electron chi connectivity index (χ0n) is 14.2. The molecular formula is C19H19NO4S. The number of ether oxygens (including phenoxy) is 2. The van der Waals surface area contributed by atoms with Crippen LogP contribution < -0.4 is 14.2 Å². The average Bonchev–Trinajstić information content (AvgIpc) is 2.61. The largest absolute Gasteiger partial charge is 0.496 e. The van der Waals surface area contributed by atoms with Crippen molar-refractivity contribution in [3.05, 3.63) is 60.2 Å². The van der Waals surface area contributed by atoms with Gasteiger partial charge in [0.25, 0.3) is 10.0 Å². The van der Waals surface area contributed by atoms with E-state index in [9.17, 15) is 8.42 Å². The van der Waals surface area contributed by atoms with Crippen molar-refractivity contribution in [1.82, 2.24) is 0 Å². The first-order valence-electron chi connectivity index (χ1n) is 7.69. The number of sulfonamides is 1. The lowest BCUT2D eigenvalue weighted by molar-refractivity contribution is 0.390. The van der Waals surface area contributed by atoms with Gasteiger partial charge in [-0.1, -0.05) is 36.4 Å². The van der Waals surface area contributed by atoms with Crippen LogP contribution in [-0.2, 0) is 10.0 Å². The van der Waals surface area contributed by atoms with Gasteiger partial charge in [0.1, 0.15) is 16.4 Å². The lowest BCUT2D eigenvalue weighted by Crippen LogP contribution is -2.14. The Morgan fingerprint density at radius 1 is 0.880 bits per heavy atom. The Kier molecular flexibility index (Phi) is 4.55. The van der Waals surface area contributed by atoms with E-state index < -0.39 is 10.0 Å². The first kappa shape index (κ1) is 17.1. The Hall–Kier alpha value is -2.73. The molecule has 0 aliphatic heterocycles. The summed E-state index contributed by atoms with van der Waals surface area (Å²) in [5.74, 6) is 0.755. The van der Waals surface area contributed by atoms with Gasteiger partial charge < -0.3 is 9.47 Å². The lowest BCUT2D eigenvalue weighted by atomic mass is 10.1. The van der Waals surface area contributed by atoms with Gasteiger partial charge in [0.15, 0.2) is 0 Å². The molecule has 1 N–H and O–H groups in total. The van der Waals surface area contributed by atoms with Crippen LogP contribution in [0.15, 0.2) is 59.5 Å². The Bertz CT molecular complexity index is 1020. The lowest BCUT2D eigenvalue weighted by Gasteiger charge is -2.15. The second-order valence-corrected chi connectivity index (χ2v) is 7.26. The number of anilines is 1. The molecule has 0 saturated carbocycles. The van der Waals surface area contributed by atoms with Crippen LogP contribution >= 0.6 is 0 Å². The normalized spacial score (nSPS) is 11.3. The highest BCUT2D eigenvalue weighted by Crippen LogP contribution is 2.33. The number of benzene rings is 3. The number of methoxy groups -OCH3 is 2. The van der Waals surface area contributed by atoms with Crippen LogP contribution in [0.3, 0.4) is 0 Å². The van der Waals surface area contributed by atoms with Crippen molar-refractivity contribution in [2.24, 2.45) is 0 Å². The molecular weight excluding hydrogens is 338 g/mol. The minimum absolute atomic E-state index is 0.0328. The van der Waals surface area contributed by atoms with Crippen LogP contribution in [-0.4, -0.2) is 22.6 Å². The van der Waals surface area contributed by atoms with E-state index in [1.807, 2.05) is 43.3 Å². The molecule has 0 aliphatic rings. The minimum atomic E-state index is -3.85. The SMILES string of the molecule is COc1cc(S(=O)(=O)Nc2cccc3ccccc23)c(OC)cc1C. The van der Waals surface area contributed by atoms with Gasteiger partial charge in [-0.25, -0.2) is 8.42 Å². The van der Waals surface area contributed by atoms with Gasteiger partial charge in [-0.05, 0) is 30.0 Å². The molecule has 0 saturated heterocycles. The van der Waals surface area contributed by atoms with Crippen LogP contribution in [0.4, 0.5) is 5.69 Å². The molecule has 0 unspecified atom stereocenters. The number of nitrogens with one attached hydrogen (secondary N) is 1. The van der Waals surface area contributed by atoms with E-state index in [1.54, 1.807) is 12.1 Å². The summed E-state index contributed by atoms with van der Waals surface area (Å²) in [5.41, 5.74) is 1.31. The molecule has 0 amide bonds. The number of hydrogen-bond donors (Lipinski definition) is 1. The van der Waals surface area contributed by atoms with Gasteiger partial charge in [-0.3, -0.25) is 4.72 Å². The summed E-state index contributed by atoms with van der Waals surface area (Å²) in [4.78, 5) is 0.0328. The van der Waals surface area contributed by atoms with Crippen molar-refractivity contribution in [1.29, 1.82) is 0 Å². The Morgan fingerprint density at radius 3 is 2.28 bits per heavy atom. The van der Waals surface area contributed by atoms with E-state index in [1.165, 1.54) is 20.3 Å². The van der Waals surface area contributed by atoms with E-state index in [4.69, 9.17) is 9.47 Å². The molecule has 0 bridgehead atoms. The minimum Gasteiger partial charge on any atom is -0.496 e. The Balaban J connectivity index is 2.11. The molecule has 0 heterocycles. The molecule has 0 atom stereocenters. The maximum absolute atomic E-state index is 13.0. The molecule has 0 aliphatic carbocycles. The smallest absolute Gasteiger partial charge is 0.265 e. The molecule has 130 valence electrons. The average molecular weight is 357 g/mol. The van der Waals surface area contributed by atoms with Gasteiger partial charge in [-0.15, -0.1) is 0 Å². The maximum atomic E-state index is 13.0. The first-order chi connectivity index (χ1) is 12.0. The summed E-state index contributed by atoms with van der Waals surface area (Å²) in [6.07, 6.45) is 0. The third-order valence-electron chi connectivity index (χ3n) is 4.00. The standard InChI is InChI=1S/C19H19NO4S/c1-13-11-18(24-3)19(12-17(13)23-2)25(21,22)20-16-10-6-8-14-7-4-5-9-15(14)16/h4-12,20H,1-3H3. The van der Waals surface area contributed by atoms with Gasteiger partial charge in [0.05, 0.1) is 19.9 Å². The maximum Gasteiger partial charge on any atom is 0.265 e. The summed E-state index contributed by atoms with van der Waals surface area (Å²) in [6.45, 7) is 1.83. The number of aryl methyl sites for hydroxylation is 1. The second kappa shape index (κ2) is 6.64. The number of fused-ring (bicyclic) bond motifs is 1. The van der Waals surface area contributed by atoms with Crippen LogP contribution in [0.5, 0.6) is 11.5 Å². The van der Waals surface area contributed by atoms with Gasteiger partial charge in [0, 0.05) is 11.5 Å². The predicted octanol–water partition coefficient (Wildman–Crippen LogP) is 3.97. The van der Waals surface area contributed by atoms with Crippen LogP contribution in [0, 0.1) is 6.92 Å². The zero-order chi connectivity index (χ0) is 18.0. The van der Waals surface area contributed by atoms with Crippen molar-refractivity contribution in [3.8, 4) is 11.5 Å². The molecule has 6 heteroatoms. The van der Waals surface area contributed by atoms with Crippen LogP contribution in [0.25, 0.3) is 10.8 Å². The number of rotatable bonds is 5. The topological polar surface area (TPSA) is 64.6 Å². The summed E-state index contributed by atoms with van der Waals surface area (Å²) in [5, 5.41) is 1.78. The second-order valence-electron chi connectivity index (χ2n) is 5.60. The van der Waals surface area contributed by atoms with E-state index in [0.717, 1.165) is 16.3 Å². The molecule has 3 aromatic rings. The van der Waals surface area contributed by atoms with Gasteiger partial charge in [0.2, 0.25) is 0 Å². The number of hydrogen-bond acceptors (Lipinski definition) is 4. The fourth-order valence-corrected chi connectivity index (χ4v) is 3.99. The highest BCUT2D eigenvalue weighted by atomic mass is 32.2. The van der Waals surface area contributed by atoms with Crippen molar-refractivity contribution < 1.29 is 17.9 Å². The first-order valence-corrected chi connectivity index (χ1v) is 9.18. The third-order valence-corrected chi connectivity index (χ3v) is 5.39. The molecule has 0 spiro atoms. The molecule has 0 aromatic heterocycles. The van der Waals surface area contributed by atoms with E-state index in [-0.39, 0.29) is 10.6 Å². The molecule has 0 fully saturated rings. The van der Waals surface area contributed by atoms with Crippen LogP contribution in [0.2, 0.25) is 0 Å². The van der Waals surface area contributed by atoms with Crippen molar-refractivity contribution in [2.45, 2.75) is 11.8 Å². The Labute approximate surface area is 147 Å². The fourth-order valence-electron chi connectivity index (χ4n) is 2.75. The molecule has 0 radical (unpaired) electrons.